The van der Waals surface area contributed by atoms with Crippen LogP contribution in [0.15, 0.2) is 34.2 Å². The van der Waals surface area contributed by atoms with Crippen molar-refractivity contribution in [2.45, 2.75) is 29.8 Å². The zero-order valence-corrected chi connectivity index (χ0v) is 12.8. The largest absolute Gasteiger partial charge is 0.299 e. The molecule has 1 aliphatic carbocycles. The third kappa shape index (κ3) is 2.29. The third-order valence-electron chi connectivity index (χ3n) is 3.76. The van der Waals surface area contributed by atoms with Crippen LogP contribution in [-0.4, -0.2) is 29.8 Å². The van der Waals surface area contributed by atoms with Gasteiger partial charge in [0.1, 0.15) is 5.82 Å². The molecule has 3 aromatic rings. The van der Waals surface area contributed by atoms with Crippen molar-refractivity contribution >= 4 is 22.7 Å². The fourth-order valence-corrected chi connectivity index (χ4v) is 3.28. The number of para-hydroxylation sites is 1. The minimum Gasteiger partial charge on any atom is -0.299 e. The first-order valence-corrected chi connectivity index (χ1v) is 8.08. The van der Waals surface area contributed by atoms with Crippen molar-refractivity contribution in [2.75, 3.05) is 0 Å². The number of hydrogen-bond donors (Lipinski definition) is 0. The monoisotopic (exact) mass is 314 g/mol. The van der Waals surface area contributed by atoms with Crippen LogP contribution in [-0.2, 0) is 12.8 Å². The minimum atomic E-state index is -0.0250. The number of aromatic nitrogens is 6. The summed E-state index contributed by atoms with van der Waals surface area (Å²) in [6.07, 6.45) is 2.26. The summed E-state index contributed by atoms with van der Waals surface area (Å²) in [6, 6.07) is 7.84. The predicted molar refractivity (Wildman–Crippen MR) is 82.6 cm³/mol. The third-order valence-corrected chi connectivity index (χ3v) is 4.69. The molecule has 112 valence electrons. The van der Waals surface area contributed by atoms with Crippen LogP contribution >= 0.6 is 11.8 Å². The van der Waals surface area contributed by atoms with Gasteiger partial charge in [0.2, 0.25) is 5.16 Å². The molecule has 0 aliphatic heterocycles. The molecule has 22 heavy (non-hydrogen) atoms. The topological polar surface area (TPSA) is 78.5 Å². The van der Waals surface area contributed by atoms with E-state index in [1.165, 1.54) is 11.8 Å². The highest BCUT2D eigenvalue weighted by Crippen LogP contribution is 2.36. The van der Waals surface area contributed by atoms with Crippen molar-refractivity contribution in [3.05, 3.63) is 40.4 Å². The minimum absolute atomic E-state index is 0.0250. The Morgan fingerprint density at radius 3 is 2.95 bits per heavy atom. The highest BCUT2D eigenvalue weighted by Gasteiger charge is 2.28. The molecule has 0 saturated heterocycles. The van der Waals surface area contributed by atoms with Crippen molar-refractivity contribution in [3.63, 3.8) is 0 Å². The van der Waals surface area contributed by atoms with Crippen molar-refractivity contribution in [3.8, 4) is 0 Å². The number of nitrogens with zero attached hydrogens (tertiary/aromatic N) is 6. The Labute approximate surface area is 130 Å². The van der Waals surface area contributed by atoms with E-state index in [2.05, 4.69) is 20.5 Å². The Balaban J connectivity index is 1.65. The van der Waals surface area contributed by atoms with Crippen LogP contribution in [0.4, 0.5) is 0 Å². The van der Waals surface area contributed by atoms with Gasteiger partial charge in [-0.25, -0.2) is 9.67 Å². The van der Waals surface area contributed by atoms with Gasteiger partial charge in [0.25, 0.3) is 5.56 Å². The number of tetrazole rings is 1. The maximum absolute atomic E-state index is 12.4. The average molecular weight is 314 g/mol. The molecule has 0 N–H and O–H groups in total. The Hall–Kier alpha value is -2.22. The maximum Gasteiger partial charge on any atom is 0.261 e. The Kier molecular flexibility index (Phi) is 3.18. The molecule has 0 bridgehead atoms. The lowest BCUT2D eigenvalue weighted by Crippen LogP contribution is -2.22. The lowest BCUT2D eigenvalue weighted by Gasteiger charge is -2.08. The van der Waals surface area contributed by atoms with E-state index < -0.39 is 0 Å². The normalized spacial score (nSPS) is 14.6. The second-order valence-corrected chi connectivity index (χ2v) is 6.28. The molecule has 0 radical (unpaired) electrons. The summed E-state index contributed by atoms with van der Waals surface area (Å²) >= 11 is 1.51. The van der Waals surface area contributed by atoms with Gasteiger partial charge in [-0.15, -0.1) is 5.10 Å². The standard InChI is InChI=1S/C14H14N6OS/c1-19-12(15-11-5-3-2-4-10(11)13(19)21)8-22-14-16-17-18-20(14)9-6-7-9/h2-5,9H,6-8H2,1H3. The van der Waals surface area contributed by atoms with Crippen molar-refractivity contribution in [1.29, 1.82) is 0 Å². The molecule has 1 aliphatic rings. The van der Waals surface area contributed by atoms with Crippen LogP contribution in [0.3, 0.4) is 0 Å². The zero-order valence-electron chi connectivity index (χ0n) is 12.0. The van der Waals surface area contributed by atoms with Crippen molar-refractivity contribution in [1.82, 2.24) is 29.8 Å². The average Bonchev–Trinajstić information content (AvgIpc) is 3.28. The molecular formula is C14H14N6OS. The van der Waals surface area contributed by atoms with E-state index >= 15 is 0 Å². The highest BCUT2D eigenvalue weighted by molar-refractivity contribution is 7.98. The van der Waals surface area contributed by atoms with Gasteiger partial charge in [-0.1, -0.05) is 23.9 Å². The molecule has 7 nitrogen and oxygen atoms in total. The summed E-state index contributed by atoms with van der Waals surface area (Å²) in [6.45, 7) is 0. The highest BCUT2D eigenvalue weighted by atomic mass is 32.2. The fourth-order valence-electron chi connectivity index (χ4n) is 2.35. The Bertz CT molecular complexity index is 898. The summed E-state index contributed by atoms with van der Waals surface area (Å²) in [7, 11) is 1.75. The van der Waals surface area contributed by atoms with E-state index in [1.54, 1.807) is 17.7 Å². The predicted octanol–water partition coefficient (Wildman–Crippen LogP) is 1.55. The molecule has 0 amide bonds. The van der Waals surface area contributed by atoms with Crippen molar-refractivity contribution < 1.29 is 0 Å². The van der Waals surface area contributed by atoms with Gasteiger partial charge >= 0.3 is 0 Å². The van der Waals surface area contributed by atoms with Gasteiger partial charge in [-0.3, -0.25) is 9.36 Å². The molecule has 2 aromatic heterocycles. The van der Waals surface area contributed by atoms with Crippen molar-refractivity contribution in [2.24, 2.45) is 7.05 Å². The summed E-state index contributed by atoms with van der Waals surface area (Å²) in [5.41, 5.74) is 0.700. The van der Waals surface area contributed by atoms with Gasteiger partial charge in [0.05, 0.1) is 22.7 Å². The quantitative estimate of drug-likeness (QED) is 0.680. The maximum atomic E-state index is 12.4. The molecule has 0 atom stereocenters. The molecule has 2 heterocycles. The first-order valence-electron chi connectivity index (χ1n) is 7.09. The van der Waals surface area contributed by atoms with Crippen LogP contribution < -0.4 is 5.56 Å². The lowest BCUT2D eigenvalue weighted by atomic mass is 10.2. The summed E-state index contributed by atoms with van der Waals surface area (Å²) in [5, 5.41) is 13.2. The first kappa shape index (κ1) is 13.4. The lowest BCUT2D eigenvalue weighted by molar-refractivity contribution is 0.565. The zero-order chi connectivity index (χ0) is 15.1. The van der Waals surface area contributed by atoms with E-state index in [1.807, 2.05) is 22.9 Å². The van der Waals surface area contributed by atoms with E-state index in [9.17, 15) is 4.79 Å². The number of benzene rings is 1. The number of hydrogen-bond acceptors (Lipinski definition) is 6. The van der Waals surface area contributed by atoms with Gasteiger partial charge in [0, 0.05) is 7.05 Å². The van der Waals surface area contributed by atoms with E-state index in [-0.39, 0.29) is 5.56 Å². The van der Waals surface area contributed by atoms with Crippen LogP contribution in [0.1, 0.15) is 24.7 Å². The Morgan fingerprint density at radius 1 is 1.32 bits per heavy atom. The molecule has 1 aromatic carbocycles. The SMILES string of the molecule is Cn1c(CSc2nnnn2C2CC2)nc2ccccc2c1=O. The van der Waals surface area contributed by atoms with Gasteiger partial charge in [-0.05, 0) is 35.4 Å². The van der Waals surface area contributed by atoms with Crippen LogP contribution in [0, 0.1) is 0 Å². The van der Waals surface area contributed by atoms with Gasteiger partial charge in [0.15, 0.2) is 0 Å². The number of fused-ring (bicyclic) bond motifs is 1. The Morgan fingerprint density at radius 2 is 2.14 bits per heavy atom. The molecule has 4 rings (SSSR count). The molecule has 1 saturated carbocycles. The van der Waals surface area contributed by atoms with Crippen LogP contribution in [0.2, 0.25) is 0 Å². The number of rotatable bonds is 4. The van der Waals surface area contributed by atoms with E-state index in [4.69, 9.17) is 0 Å². The molecule has 1 fully saturated rings. The van der Waals surface area contributed by atoms with Crippen LogP contribution in [0.25, 0.3) is 10.9 Å². The van der Waals surface area contributed by atoms with Crippen LogP contribution in [0.5, 0.6) is 0 Å². The summed E-state index contributed by atoms with van der Waals surface area (Å²) in [5.74, 6) is 1.28. The second-order valence-electron chi connectivity index (χ2n) is 5.34. The molecular weight excluding hydrogens is 300 g/mol. The molecule has 0 spiro atoms. The summed E-state index contributed by atoms with van der Waals surface area (Å²) in [4.78, 5) is 17.0. The smallest absolute Gasteiger partial charge is 0.261 e. The summed E-state index contributed by atoms with van der Waals surface area (Å²) < 4.78 is 3.46. The van der Waals surface area contributed by atoms with Gasteiger partial charge < -0.3 is 0 Å². The molecule has 0 unspecified atom stereocenters. The van der Waals surface area contributed by atoms with E-state index in [0.29, 0.717) is 17.2 Å². The van der Waals surface area contributed by atoms with Gasteiger partial charge in [-0.2, -0.15) is 0 Å². The molecule has 8 heteroatoms. The first-order chi connectivity index (χ1) is 10.7. The van der Waals surface area contributed by atoms with E-state index in [0.717, 1.165) is 29.3 Å². The second kappa shape index (κ2) is 5.20. The number of thioether (sulfide) groups is 1. The fraction of sp³-hybridized carbons (Fsp3) is 0.357.